The van der Waals surface area contributed by atoms with Crippen molar-refractivity contribution >= 4 is 10.1 Å². The minimum atomic E-state index is -3.90. The molecule has 0 aromatic heterocycles. The van der Waals surface area contributed by atoms with E-state index in [-0.39, 0.29) is 23.2 Å². The third-order valence-electron chi connectivity index (χ3n) is 4.89. The van der Waals surface area contributed by atoms with E-state index in [1.165, 1.54) is 12.1 Å². The van der Waals surface area contributed by atoms with Crippen LogP contribution in [-0.2, 0) is 14.3 Å². The smallest absolute Gasteiger partial charge is 0.296 e. The largest absolute Gasteiger partial charge is 0.508 e. The molecular formula is C22H20O5S. The molecule has 6 heteroatoms. The third kappa shape index (κ3) is 3.48. The van der Waals surface area contributed by atoms with E-state index in [2.05, 4.69) is 0 Å². The van der Waals surface area contributed by atoms with Gasteiger partial charge in [0, 0.05) is 11.1 Å². The molecule has 1 aliphatic heterocycles. The number of aromatic hydroxyl groups is 1. The lowest BCUT2D eigenvalue weighted by atomic mass is 9.91. The van der Waals surface area contributed by atoms with Gasteiger partial charge in [-0.05, 0) is 31.2 Å². The number of ether oxygens (including phenoxy) is 1. The van der Waals surface area contributed by atoms with Crippen LogP contribution in [0.4, 0.5) is 0 Å². The molecule has 0 radical (unpaired) electrons. The van der Waals surface area contributed by atoms with E-state index in [0.29, 0.717) is 11.3 Å². The van der Waals surface area contributed by atoms with Gasteiger partial charge in [0.25, 0.3) is 10.1 Å². The maximum absolute atomic E-state index is 12.6. The number of benzene rings is 3. The summed E-state index contributed by atoms with van der Waals surface area (Å²) in [6.07, 6.45) is -0.535. The lowest BCUT2D eigenvalue weighted by Gasteiger charge is -2.20. The topological polar surface area (TPSA) is 72.8 Å². The molecule has 0 saturated carbocycles. The van der Waals surface area contributed by atoms with Gasteiger partial charge in [0.2, 0.25) is 0 Å². The summed E-state index contributed by atoms with van der Waals surface area (Å²) in [5.74, 6) is 0.397. The number of hydrogen-bond donors (Lipinski definition) is 1. The second-order valence-corrected chi connectivity index (χ2v) is 8.41. The maximum Gasteiger partial charge on any atom is 0.296 e. The van der Waals surface area contributed by atoms with Crippen molar-refractivity contribution in [2.24, 2.45) is 0 Å². The van der Waals surface area contributed by atoms with E-state index >= 15 is 0 Å². The summed E-state index contributed by atoms with van der Waals surface area (Å²) in [5, 5.41) is 10.3. The van der Waals surface area contributed by atoms with Crippen LogP contribution in [0.5, 0.6) is 11.5 Å². The zero-order chi connectivity index (χ0) is 19.7. The quantitative estimate of drug-likeness (QED) is 0.650. The number of rotatable bonds is 5. The van der Waals surface area contributed by atoms with Crippen molar-refractivity contribution in [1.82, 2.24) is 0 Å². The molecule has 0 spiro atoms. The van der Waals surface area contributed by atoms with Crippen LogP contribution in [0.25, 0.3) is 0 Å². The highest BCUT2D eigenvalue weighted by molar-refractivity contribution is 7.86. The van der Waals surface area contributed by atoms with Gasteiger partial charge in [0.05, 0.1) is 17.4 Å². The first-order chi connectivity index (χ1) is 13.5. The Morgan fingerprint density at radius 1 is 0.929 bits per heavy atom. The van der Waals surface area contributed by atoms with Crippen LogP contribution in [0, 0.1) is 6.92 Å². The number of fused-ring (bicyclic) bond motifs is 1. The summed E-state index contributed by atoms with van der Waals surface area (Å²) >= 11 is 0. The molecular weight excluding hydrogens is 376 g/mol. The summed E-state index contributed by atoms with van der Waals surface area (Å²) in [5.41, 5.74) is 2.42. The Balaban J connectivity index is 1.63. The molecule has 1 N–H and O–H groups in total. The van der Waals surface area contributed by atoms with E-state index in [4.69, 9.17) is 8.92 Å². The van der Waals surface area contributed by atoms with E-state index in [9.17, 15) is 13.5 Å². The minimum absolute atomic E-state index is 0.0910. The van der Waals surface area contributed by atoms with Crippen LogP contribution in [0.15, 0.2) is 77.7 Å². The van der Waals surface area contributed by atoms with E-state index in [1.807, 2.05) is 37.3 Å². The first-order valence-corrected chi connectivity index (χ1v) is 10.4. The van der Waals surface area contributed by atoms with Crippen molar-refractivity contribution < 1.29 is 22.4 Å². The van der Waals surface area contributed by atoms with Gasteiger partial charge in [-0.1, -0.05) is 54.1 Å². The van der Waals surface area contributed by atoms with Crippen molar-refractivity contribution in [1.29, 1.82) is 0 Å². The third-order valence-corrected chi connectivity index (χ3v) is 6.19. The van der Waals surface area contributed by atoms with Gasteiger partial charge in [-0.2, -0.15) is 8.42 Å². The first-order valence-electron chi connectivity index (χ1n) is 8.95. The van der Waals surface area contributed by atoms with Crippen LogP contribution in [0.3, 0.4) is 0 Å². The predicted molar refractivity (Wildman–Crippen MR) is 105 cm³/mol. The standard InChI is InChI=1S/C22H20O5S/c1-15-10-12-16(13-11-15)28(24,25)26-14-19-17-6-3-5-9-21(17)27-22(19)18-7-2-4-8-20(18)23/h2-13,19,22-23H,14H2,1H3/t19-,22+/m0/s1. The molecule has 0 bridgehead atoms. The fraction of sp³-hybridized carbons (Fsp3) is 0.182. The number of para-hydroxylation sites is 2. The van der Waals surface area contributed by atoms with Gasteiger partial charge >= 0.3 is 0 Å². The Morgan fingerprint density at radius 3 is 2.29 bits per heavy atom. The molecule has 0 aliphatic carbocycles. The summed E-state index contributed by atoms with van der Waals surface area (Å²) in [6, 6.07) is 20.9. The van der Waals surface area contributed by atoms with E-state index in [1.54, 1.807) is 30.3 Å². The average Bonchev–Trinajstić information content (AvgIpc) is 3.05. The summed E-state index contributed by atoms with van der Waals surface area (Å²) < 4.78 is 36.7. The lowest BCUT2D eigenvalue weighted by Crippen LogP contribution is -2.18. The molecule has 1 heterocycles. The van der Waals surface area contributed by atoms with Gasteiger partial charge < -0.3 is 9.84 Å². The molecule has 28 heavy (non-hydrogen) atoms. The number of hydrogen-bond acceptors (Lipinski definition) is 5. The molecule has 0 saturated heterocycles. The average molecular weight is 396 g/mol. The van der Waals surface area contributed by atoms with Crippen LogP contribution in [0.2, 0.25) is 0 Å². The predicted octanol–water partition coefficient (Wildman–Crippen LogP) is 4.32. The Hall–Kier alpha value is -2.83. The molecule has 4 rings (SSSR count). The zero-order valence-electron chi connectivity index (χ0n) is 15.3. The molecule has 0 unspecified atom stereocenters. The van der Waals surface area contributed by atoms with E-state index in [0.717, 1.165) is 11.1 Å². The first kappa shape index (κ1) is 18.5. The Kier molecular flexibility index (Phi) is 4.83. The second-order valence-electron chi connectivity index (χ2n) is 6.79. The molecule has 5 nitrogen and oxygen atoms in total. The molecule has 0 amide bonds. The number of phenolic OH excluding ortho intramolecular Hbond substituents is 1. The van der Waals surface area contributed by atoms with Gasteiger partial charge in [0.15, 0.2) is 0 Å². The monoisotopic (exact) mass is 396 g/mol. The summed E-state index contributed by atoms with van der Waals surface area (Å²) in [4.78, 5) is 0.115. The Labute approximate surface area is 164 Å². The van der Waals surface area contributed by atoms with Crippen molar-refractivity contribution in [2.75, 3.05) is 6.61 Å². The molecule has 3 aromatic rings. The summed E-state index contributed by atoms with van der Waals surface area (Å²) in [7, 11) is -3.90. The fourth-order valence-corrected chi connectivity index (χ4v) is 4.33. The van der Waals surface area contributed by atoms with Crippen molar-refractivity contribution in [2.45, 2.75) is 23.8 Å². The summed E-state index contributed by atoms with van der Waals surface area (Å²) in [6.45, 7) is 1.80. The van der Waals surface area contributed by atoms with Gasteiger partial charge in [-0.15, -0.1) is 0 Å². The van der Waals surface area contributed by atoms with E-state index < -0.39 is 16.2 Å². The van der Waals surface area contributed by atoms with Crippen LogP contribution in [-0.4, -0.2) is 20.1 Å². The van der Waals surface area contributed by atoms with Crippen LogP contribution < -0.4 is 4.74 Å². The Morgan fingerprint density at radius 2 is 1.57 bits per heavy atom. The van der Waals surface area contributed by atoms with Crippen molar-refractivity contribution in [3.63, 3.8) is 0 Å². The van der Waals surface area contributed by atoms with Gasteiger partial charge in [-0.25, -0.2) is 0 Å². The molecule has 3 aromatic carbocycles. The number of phenols is 1. The maximum atomic E-state index is 12.6. The SMILES string of the molecule is Cc1ccc(S(=O)(=O)OC[C@H]2c3ccccc3O[C@@H]2c2ccccc2O)cc1. The van der Waals surface area contributed by atoms with Gasteiger partial charge in [0.1, 0.15) is 17.6 Å². The molecule has 2 atom stereocenters. The van der Waals surface area contributed by atoms with Crippen molar-refractivity contribution in [3.8, 4) is 11.5 Å². The highest BCUT2D eigenvalue weighted by Gasteiger charge is 2.38. The van der Waals surface area contributed by atoms with Crippen LogP contribution in [0.1, 0.15) is 28.7 Å². The molecule has 0 fully saturated rings. The van der Waals surface area contributed by atoms with Crippen molar-refractivity contribution in [3.05, 3.63) is 89.5 Å². The van der Waals surface area contributed by atoms with Gasteiger partial charge in [-0.3, -0.25) is 4.18 Å². The second kappa shape index (κ2) is 7.30. The molecule has 1 aliphatic rings. The highest BCUT2D eigenvalue weighted by Crippen LogP contribution is 2.48. The van der Waals surface area contributed by atoms with Crippen LogP contribution >= 0.6 is 0 Å². The number of aryl methyl sites for hydroxylation is 1. The zero-order valence-corrected chi connectivity index (χ0v) is 16.1. The normalized spacial score (nSPS) is 18.5. The lowest BCUT2D eigenvalue weighted by molar-refractivity contribution is 0.169. The highest BCUT2D eigenvalue weighted by atomic mass is 32.2. The minimum Gasteiger partial charge on any atom is -0.508 e. The molecule has 144 valence electrons. The Bertz CT molecular complexity index is 1090. The fourth-order valence-electron chi connectivity index (χ4n) is 3.40.